The van der Waals surface area contributed by atoms with Gasteiger partial charge in [0.25, 0.3) is 5.91 Å². The summed E-state index contributed by atoms with van der Waals surface area (Å²) in [5, 5.41) is 3.05. The Morgan fingerprint density at radius 3 is 2.33 bits per heavy atom. The van der Waals surface area contributed by atoms with Gasteiger partial charge < -0.3 is 14.5 Å². The summed E-state index contributed by atoms with van der Waals surface area (Å²) in [5.74, 6) is 0.672. The molecule has 42 heavy (non-hydrogen) atoms. The van der Waals surface area contributed by atoms with Gasteiger partial charge in [0.05, 0.1) is 24.9 Å². The predicted molar refractivity (Wildman–Crippen MR) is 159 cm³/mol. The van der Waals surface area contributed by atoms with Crippen LogP contribution >= 0.6 is 22.9 Å². The number of anilines is 1. The Morgan fingerprint density at radius 2 is 1.64 bits per heavy atom. The third-order valence-electron chi connectivity index (χ3n) is 7.08. The third-order valence-corrected chi connectivity index (χ3v) is 8.15. The van der Waals surface area contributed by atoms with Gasteiger partial charge in [0.15, 0.2) is 0 Å². The van der Waals surface area contributed by atoms with Gasteiger partial charge in [-0.2, -0.15) is 13.2 Å². The van der Waals surface area contributed by atoms with Gasteiger partial charge in [-0.3, -0.25) is 9.69 Å². The van der Waals surface area contributed by atoms with E-state index in [4.69, 9.17) is 16.3 Å². The molecule has 5 rings (SSSR count). The van der Waals surface area contributed by atoms with Gasteiger partial charge >= 0.3 is 6.18 Å². The number of para-hydroxylation sites is 2. The molecular weight excluding hydrogens is 585 g/mol. The summed E-state index contributed by atoms with van der Waals surface area (Å²) in [7, 11) is 1.65. The summed E-state index contributed by atoms with van der Waals surface area (Å²) in [4.78, 5) is 23.9. The summed E-state index contributed by atoms with van der Waals surface area (Å²) in [5.41, 5.74) is 2.16. The van der Waals surface area contributed by atoms with Crippen molar-refractivity contribution in [2.75, 3.05) is 38.2 Å². The lowest BCUT2D eigenvalue weighted by Gasteiger charge is -2.36. The normalized spacial score (nSPS) is 14.0. The predicted octanol–water partition coefficient (Wildman–Crippen LogP) is 6.99. The van der Waals surface area contributed by atoms with Gasteiger partial charge in [-0.05, 0) is 41.5 Å². The van der Waals surface area contributed by atoms with Crippen LogP contribution in [-0.4, -0.2) is 54.0 Å². The van der Waals surface area contributed by atoms with Gasteiger partial charge in [-0.1, -0.05) is 54.1 Å². The van der Waals surface area contributed by atoms with Crippen molar-refractivity contribution < 1.29 is 22.7 Å². The van der Waals surface area contributed by atoms with E-state index in [-0.39, 0.29) is 12.5 Å². The van der Waals surface area contributed by atoms with Crippen molar-refractivity contribution in [3.63, 3.8) is 0 Å². The molecule has 0 unspecified atom stereocenters. The molecule has 0 radical (unpaired) electrons. The number of hydrogen-bond acceptors (Lipinski definition) is 6. The number of alkyl halides is 3. The number of piperazine rings is 1. The highest BCUT2D eigenvalue weighted by Gasteiger charge is 2.30. The quantitative estimate of drug-likeness (QED) is 0.203. The molecule has 3 aromatic carbocycles. The molecule has 1 fully saturated rings. The fourth-order valence-corrected chi connectivity index (χ4v) is 6.06. The Morgan fingerprint density at radius 1 is 0.952 bits per heavy atom. The number of thiazole rings is 1. The second kappa shape index (κ2) is 13.1. The summed E-state index contributed by atoms with van der Waals surface area (Å²) >= 11 is 7.56. The molecule has 6 nitrogen and oxygen atoms in total. The zero-order valence-corrected chi connectivity index (χ0v) is 24.6. The molecule has 220 valence electrons. The number of ether oxygens (including phenoxy) is 1. The number of aromatic nitrogens is 1. The van der Waals surface area contributed by atoms with Crippen molar-refractivity contribution >= 4 is 34.5 Å². The molecule has 11 heteroatoms. The minimum Gasteiger partial charge on any atom is -0.495 e. The number of nitrogens with zero attached hydrogens (tertiary/aromatic N) is 4. The van der Waals surface area contributed by atoms with Crippen molar-refractivity contribution in [1.82, 2.24) is 14.8 Å². The summed E-state index contributed by atoms with van der Waals surface area (Å²) in [6.45, 7) is 3.54. The maximum Gasteiger partial charge on any atom is 0.416 e. The smallest absolute Gasteiger partial charge is 0.416 e. The van der Waals surface area contributed by atoms with Crippen LogP contribution in [-0.2, 0) is 25.8 Å². The minimum atomic E-state index is -4.42. The van der Waals surface area contributed by atoms with Crippen LogP contribution in [0.15, 0.2) is 78.2 Å². The summed E-state index contributed by atoms with van der Waals surface area (Å²) in [6, 6.07) is 20.5. The lowest BCUT2D eigenvalue weighted by atomic mass is 10.1. The van der Waals surface area contributed by atoms with E-state index in [1.54, 1.807) is 29.5 Å². The highest BCUT2D eigenvalue weighted by atomic mass is 35.5. The number of hydrogen-bond donors (Lipinski definition) is 0. The van der Waals surface area contributed by atoms with E-state index in [1.807, 2.05) is 47.4 Å². The van der Waals surface area contributed by atoms with Crippen molar-refractivity contribution in [3.05, 3.63) is 111 Å². The Balaban J connectivity index is 1.27. The highest BCUT2D eigenvalue weighted by Crippen LogP contribution is 2.31. The SMILES string of the molecule is COc1ccccc1N1CCN(C(=O)c2csc(CN(Cc3cccc(Cl)c3)Cc3cccc(C(F)(F)F)c3)n2)CC1. The zero-order chi connectivity index (χ0) is 29.7. The minimum absolute atomic E-state index is 0.128. The van der Waals surface area contributed by atoms with E-state index < -0.39 is 11.7 Å². The van der Waals surface area contributed by atoms with Crippen LogP contribution in [0.1, 0.15) is 32.2 Å². The number of carbonyl (C=O) groups is 1. The summed E-state index contributed by atoms with van der Waals surface area (Å²) in [6.07, 6.45) is -4.42. The van der Waals surface area contributed by atoms with Gasteiger partial charge in [0, 0.05) is 49.7 Å². The molecule has 4 aromatic rings. The van der Waals surface area contributed by atoms with Crippen LogP contribution < -0.4 is 9.64 Å². The van der Waals surface area contributed by atoms with Crippen molar-refractivity contribution in [2.45, 2.75) is 25.8 Å². The molecule has 0 spiro atoms. The first-order valence-electron chi connectivity index (χ1n) is 13.4. The van der Waals surface area contributed by atoms with E-state index in [0.717, 1.165) is 23.1 Å². The Bertz CT molecular complexity index is 1520. The first-order valence-corrected chi connectivity index (χ1v) is 14.7. The third kappa shape index (κ3) is 7.42. The standard InChI is InChI=1S/C31H30ClF3N4O2S/c1-41-28-11-3-2-10-27(28)38-12-14-39(15-13-38)30(40)26-21-42-29(36-26)20-37(19-23-7-5-9-25(32)17-23)18-22-6-4-8-24(16-22)31(33,34)35/h2-11,16-17,21H,12-15,18-20H2,1H3. The lowest BCUT2D eigenvalue weighted by Crippen LogP contribution is -2.49. The Hall–Kier alpha value is -3.60. The van der Waals surface area contributed by atoms with Crippen LogP contribution in [0.25, 0.3) is 0 Å². The van der Waals surface area contributed by atoms with Gasteiger partial charge in [-0.25, -0.2) is 4.98 Å². The average Bonchev–Trinajstić information content (AvgIpc) is 3.45. The molecule has 0 bridgehead atoms. The molecule has 1 aliphatic rings. The first kappa shape index (κ1) is 29.9. The highest BCUT2D eigenvalue weighted by molar-refractivity contribution is 7.09. The van der Waals surface area contributed by atoms with E-state index in [2.05, 4.69) is 9.88 Å². The van der Waals surface area contributed by atoms with E-state index >= 15 is 0 Å². The van der Waals surface area contributed by atoms with Crippen LogP contribution in [0.4, 0.5) is 18.9 Å². The van der Waals surface area contributed by atoms with Crippen LogP contribution in [0.3, 0.4) is 0 Å². The summed E-state index contributed by atoms with van der Waals surface area (Å²) < 4.78 is 45.5. The molecule has 2 heterocycles. The van der Waals surface area contributed by atoms with E-state index in [1.165, 1.54) is 23.5 Å². The molecule has 0 aliphatic carbocycles. The second-order valence-corrected chi connectivity index (χ2v) is 11.4. The van der Waals surface area contributed by atoms with Gasteiger partial charge in [0.1, 0.15) is 16.5 Å². The number of halogens is 4. The van der Waals surface area contributed by atoms with Gasteiger partial charge in [0.2, 0.25) is 0 Å². The molecule has 0 saturated carbocycles. The molecule has 1 amide bonds. The van der Waals surface area contributed by atoms with Crippen molar-refractivity contribution in [2.24, 2.45) is 0 Å². The molecule has 0 atom stereocenters. The molecule has 1 aromatic heterocycles. The number of benzene rings is 3. The number of methoxy groups -OCH3 is 1. The van der Waals surface area contributed by atoms with Crippen molar-refractivity contribution in [3.8, 4) is 5.75 Å². The van der Waals surface area contributed by atoms with Crippen LogP contribution in [0.2, 0.25) is 5.02 Å². The van der Waals surface area contributed by atoms with Crippen molar-refractivity contribution in [1.29, 1.82) is 0 Å². The van der Waals surface area contributed by atoms with Crippen LogP contribution in [0, 0.1) is 0 Å². The molecule has 1 saturated heterocycles. The fourth-order valence-electron chi connectivity index (χ4n) is 5.04. The number of carbonyl (C=O) groups excluding carboxylic acids is 1. The Kier molecular flexibility index (Phi) is 9.35. The number of rotatable bonds is 9. The Labute approximate surface area is 251 Å². The second-order valence-electron chi connectivity index (χ2n) is 10.1. The lowest BCUT2D eigenvalue weighted by molar-refractivity contribution is -0.137. The monoisotopic (exact) mass is 614 g/mol. The molecule has 1 aliphatic heterocycles. The van der Waals surface area contributed by atoms with E-state index in [0.29, 0.717) is 60.6 Å². The van der Waals surface area contributed by atoms with Crippen LogP contribution in [0.5, 0.6) is 5.75 Å². The zero-order valence-electron chi connectivity index (χ0n) is 23.0. The fraction of sp³-hybridized carbons (Fsp3) is 0.290. The first-order chi connectivity index (χ1) is 20.2. The van der Waals surface area contributed by atoms with E-state index in [9.17, 15) is 18.0 Å². The van der Waals surface area contributed by atoms with Gasteiger partial charge in [-0.15, -0.1) is 11.3 Å². The molecular formula is C31H30ClF3N4O2S. The molecule has 0 N–H and O–H groups in total. The maximum absolute atomic E-state index is 13.3. The largest absolute Gasteiger partial charge is 0.495 e. The average molecular weight is 615 g/mol. The maximum atomic E-state index is 13.3. The number of amides is 1. The topological polar surface area (TPSA) is 48.9 Å².